The van der Waals surface area contributed by atoms with Gasteiger partial charge in [0.25, 0.3) is 0 Å². The van der Waals surface area contributed by atoms with Crippen molar-refractivity contribution < 1.29 is 0 Å². The van der Waals surface area contributed by atoms with Crippen LogP contribution in [0.1, 0.15) is 37.6 Å². The molecule has 4 nitrogen and oxygen atoms in total. The maximum atomic E-state index is 5.85. The summed E-state index contributed by atoms with van der Waals surface area (Å²) in [5.41, 5.74) is 9.11. The lowest BCUT2D eigenvalue weighted by Crippen LogP contribution is -2.30. The minimum absolute atomic E-state index is 0.520. The number of nitrogens with zero attached hydrogens (tertiary/aromatic N) is 3. The Labute approximate surface area is 104 Å². The number of aromatic nitrogens is 2. The average Bonchev–Trinajstić information content (AvgIpc) is 2.29. The summed E-state index contributed by atoms with van der Waals surface area (Å²) < 4.78 is 0. The third-order valence-electron chi connectivity index (χ3n) is 3.03. The van der Waals surface area contributed by atoms with E-state index in [1.54, 1.807) is 0 Å². The van der Waals surface area contributed by atoms with Gasteiger partial charge in [0.15, 0.2) is 5.82 Å². The molecule has 0 radical (unpaired) electrons. The minimum Gasteiger partial charge on any atom is -0.355 e. The predicted octanol–water partition coefficient (Wildman–Crippen LogP) is 2.03. The van der Waals surface area contributed by atoms with Crippen LogP contribution in [0.15, 0.2) is 0 Å². The fourth-order valence-electron chi connectivity index (χ4n) is 1.95. The maximum Gasteiger partial charge on any atom is 0.156 e. The summed E-state index contributed by atoms with van der Waals surface area (Å²) in [7, 11) is 0. The Kier molecular flexibility index (Phi) is 4.87. The smallest absolute Gasteiger partial charge is 0.156 e. The molecule has 0 aliphatic rings. The van der Waals surface area contributed by atoms with Crippen molar-refractivity contribution in [1.82, 2.24) is 10.2 Å². The topological polar surface area (TPSA) is 55.0 Å². The van der Waals surface area contributed by atoms with Crippen molar-refractivity contribution in [2.75, 3.05) is 18.0 Å². The van der Waals surface area contributed by atoms with Crippen LogP contribution in [-0.2, 0) is 6.54 Å². The number of hydrogen-bond donors (Lipinski definition) is 1. The molecule has 17 heavy (non-hydrogen) atoms. The van der Waals surface area contributed by atoms with E-state index < -0.39 is 0 Å². The fraction of sp³-hybridized carbons (Fsp3) is 0.692. The summed E-state index contributed by atoms with van der Waals surface area (Å²) in [5.74, 6) is 1.55. The van der Waals surface area contributed by atoms with Gasteiger partial charge in [0.1, 0.15) is 0 Å². The van der Waals surface area contributed by atoms with Crippen LogP contribution in [0.4, 0.5) is 5.82 Å². The van der Waals surface area contributed by atoms with Crippen LogP contribution in [0.25, 0.3) is 0 Å². The van der Waals surface area contributed by atoms with Gasteiger partial charge >= 0.3 is 0 Å². The van der Waals surface area contributed by atoms with Gasteiger partial charge in [-0.1, -0.05) is 13.8 Å². The monoisotopic (exact) mass is 236 g/mol. The summed E-state index contributed by atoms with van der Waals surface area (Å²) >= 11 is 0. The molecular formula is C13H24N4. The molecule has 1 aromatic rings. The minimum atomic E-state index is 0.520. The van der Waals surface area contributed by atoms with E-state index in [1.807, 2.05) is 6.92 Å². The highest BCUT2D eigenvalue weighted by atomic mass is 15.3. The van der Waals surface area contributed by atoms with Crippen molar-refractivity contribution in [2.24, 2.45) is 11.7 Å². The molecular weight excluding hydrogens is 212 g/mol. The van der Waals surface area contributed by atoms with Crippen molar-refractivity contribution in [3.05, 3.63) is 16.8 Å². The summed E-state index contributed by atoms with van der Waals surface area (Å²) in [4.78, 5) is 2.26. The SMILES string of the molecule is CCN(CC(C)C)c1nnc(C)c(C)c1CN. The van der Waals surface area contributed by atoms with Gasteiger partial charge in [0.2, 0.25) is 0 Å². The third kappa shape index (κ3) is 3.16. The average molecular weight is 236 g/mol. The Balaban J connectivity index is 3.14. The standard InChI is InChI=1S/C13H24N4/c1-6-17(8-9(2)3)13-12(7-14)10(4)11(5)15-16-13/h9H,6-8,14H2,1-5H3. The van der Waals surface area contributed by atoms with E-state index in [-0.39, 0.29) is 0 Å². The van der Waals surface area contributed by atoms with Gasteiger partial charge in [-0.2, -0.15) is 5.10 Å². The second-order valence-corrected chi connectivity index (χ2v) is 4.85. The Bertz CT molecular complexity index is 374. The molecule has 1 heterocycles. The Morgan fingerprint density at radius 3 is 2.35 bits per heavy atom. The van der Waals surface area contributed by atoms with E-state index in [0.29, 0.717) is 12.5 Å². The van der Waals surface area contributed by atoms with Crippen LogP contribution in [0.2, 0.25) is 0 Å². The molecule has 0 unspecified atom stereocenters. The van der Waals surface area contributed by atoms with E-state index in [9.17, 15) is 0 Å². The quantitative estimate of drug-likeness (QED) is 0.850. The number of nitrogens with two attached hydrogens (primary N) is 1. The van der Waals surface area contributed by atoms with Gasteiger partial charge < -0.3 is 10.6 Å². The highest BCUT2D eigenvalue weighted by molar-refractivity contribution is 5.50. The number of aryl methyl sites for hydroxylation is 1. The molecule has 0 aliphatic carbocycles. The van der Waals surface area contributed by atoms with E-state index in [2.05, 4.69) is 42.8 Å². The number of anilines is 1. The van der Waals surface area contributed by atoms with Gasteiger partial charge in [-0.15, -0.1) is 5.10 Å². The zero-order valence-corrected chi connectivity index (χ0v) is 11.6. The number of rotatable bonds is 5. The van der Waals surface area contributed by atoms with Crippen molar-refractivity contribution in [3.63, 3.8) is 0 Å². The highest BCUT2D eigenvalue weighted by Crippen LogP contribution is 2.22. The molecule has 4 heteroatoms. The van der Waals surface area contributed by atoms with Crippen LogP contribution in [0.5, 0.6) is 0 Å². The van der Waals surface area contributed by atoms with Gasteiger partial charge in [-0.3, -0.25) is 0 Å². The second-order valence-electron chi connectivity index (χ2n) is 4.85. The first-order valence-corrected chi connectivity index (χ1v) is 6.29. The molecule has 0 aliphatic heterocycles. The molecule has 96 valence electrons. The largest absolute Gasteiger partial charge is 0.355 e. The first-order chi connectivity index (χ1) is 8.01. The fourth-order valence-corrected chi connectivity index (χ4v) is 1.95. The molecule has 2 N–H and O–H groups in total. The van der Waals surface area contributed by atoms with Gasteiger partial charge in [0.05, 0.1) is 5.69 Å². The van der Waals surface area contributed by atoms with Gasteiger partial charge in [-0.25, -0.2) is 0 Å². The Morgan fingerprint density at radius 2 is 1.88 bits per heavy atom. The molecule has 0 fully saturated rings. The molecule has 0 aromatic carbocycles. The summed E-state index contributed by atoms with van der Waals surface area (Å²) in [6, 6.07) is 0. The van der Waals surface area contributed by atoms with Crippen LogP contribution in [0.3, 0.4) is 0 Å². The molecule has 0 bridgehead atoms. The molecule has 0 spiro atoms. The summed E-state index contributed by atoms with van der Waals surface area (Å²) in [5, 5.41) is 8.55. The van der Waals surface area contributed by atoms with Crippen molar-refractivity contribution in [1.29, 1.82) is 0 Å². The second kappa shape index (κ2) is 5.96. The Morgan fingerprint density at radius 1 is 1.24 bits per heavy atom. The molecule has 0 saturated heterocycles. The first-order valence-electron chi connectivity index (χ1n) is 6.29. The predicted molar refractivity (Wildman–Crippen MR) is 72.1 cm³/mol. The van der Waals surface area contributed by atoms with Crippen LogP contribution in [0, 0.1) is 19.8 Å². The van der Waals surface area contributed by atoms with E-state index >= 15 is 0 Å². The van der Waals surface area contributed by atoms with E-state index in [1.165, 1.54) is 5.56 Å². The lowest BCUT2D eigenvalue weighted by molar-refractivity contribution is 0.608. The molecule has 1 aromatic heterocycles. The van der Waals surface area contributed by atoms with Crippen molar-refractivity contribution in [3.8, 4) is 0 Å². The molecule has 1 rings (SSSR count). The van der Waals surface area contributed by atoms with Crippen LogP contribution >= 0.6 is 0 Å². The van der Waals surface area contributed by atoms with Gasteiger partial charge in [0, 0.05) is 25.2 Å². The maximum absolute atomic E-state index is 5.85. The highest BCUT2D eigenvalue weighted by Gasteiger charge is 2.15. The van der Waals surface area contributed by atoms with Crippen LogP contribution in [-0.4, -0.2) is 23.3 Å². The molecule has 0 amide bonds. The van der Waals surface area contributed by atoms with E-state index in [4.69, 9.17) is 5.73 Å². The van der Waals surface area contributed by atoms with Gasteiger partial charge in [-0.05, 0) is 32.3 Å². The Hall–Kier alpha value is -1.16. The zero-order chi connectivity index (χ0) is 13.0. The van der Waals surface area contributed by atoms with Crippen molar-refractivity contribution in [2.45, 2.75) is 41.2 Å². The summed E-state index contributed by atoms with van der Waals surface area (Å²) in [6.45, 7) is 13.0. The molecule has 0 saturated carbocycles. The lowest BCUT2D eigenvalue weighted by atomic mass is 10.1. The van der Waals surface area contributed by atoms with E-state index in [0.717, 1.165) is 30.2 Å². The van der Waals surface area contributed by atoms with Crippen molar-refractivity contribution >= 4 is 5.82 Å². The lowest BCUT2D eigenvalue weighted by Gasteiger charge is -2.26. The zero-order valence-electron chi connectivity index (χ0n) is 11.6. The number of hydrogen-bond acceptors (Lipinski definition) is 4. The normalized spacial score (nSPS) is 11.0. The first kappa shape index (κ1) is 13.9. The van der Waals surface area contributed by atoms with Crippen LogP contribution < -0.4 is 10.6 Å². The molecule has 0 atom stereocenters. The third-order valence-corrected chi connectivity index (χ3v) is 3.03. The summed E-state index contributed by atoms with van der Waals surface area (Å²) in [6.07, 6.45) is 0.